The lowest BCUT2D eigenvalue weighted by Gasteiger charge is -2.12. The topological polar surface area (TPSA) is 21.3 Å². The van der Waals surface area contributed by atoms with Crippen molar-refractivity contribution in [2.75, 3.05) is 0 Å². The molecule has 0 amide bonds. The summed E-state index contributed by atoms with van der Waals surface area (Å²) in [6.07, 6.45) is 0. The summed E-state index contributed by atoms with van der Waals surface area (Å²) in [5.74, 6) is -0.109. The Bertz CT molecular complexity index is 602. The summed E-state index contributed by atoms with van der Waals surface area (Å²) in [7, 11) is 0. The van der Waals surface area contributed by atoms with Crippen LogP contribution in [0.15, 0.2) is 42.5 Å². The fourth-order valence-corrected chi connectivity index (χ4v) is 2.05. The molecule has 0 bridgehead atoms. The second-order valence-electron chi connectivity index (χ2n) is 4.66. The van der Waals surface area contributed by atoms with E-state index in [1.807, 2.05) is 6.92 Å². The normalized spacial score (nSPS) is 10.9. The molecular weight excluding hydrogens is 279 g/mol. The highest BCUT2D eigenvalue weighted by Crippen LogP contribution is 2.20. The summed E-state index contributed by atoms with van der Waals surface area (Å²) in [6, 6.07) is 11.2. The molecule has 0 aromatic heterocycles. The van der Waals surface area contributed by atoms with Crippen LogP contribution in [0.25, 0.3) is 0 Å². The van der Waals surface area contributed by atoms with Crippen LogP contribution < -0.4 is 10.1 Å². The minimum Gasteiger partial charge on any atom is -0.434 e. The monoisotopic (exact) mass is 295 g/mol. The van der Waals surface area contributed by atoms with E-state index >= 15 is 0 Å². The number of ether oxygens (including phenoxy) is 1. The molecule has 0 fully saturated rings. The molecule has 0 heterocycles. The maximum Gasteiger partial charge on any atom is 0.387 e. The Hall–Kier alpha value is -2.01. The number of nitrogens with one attached hydrogen (secondary N) is 1. The van der Waals surface area contributed by atoms with E-state index in [0.717, 1.165) is 11.1 Å². The number of alkyl halides is 2. The number of para-hydroxylation sites is 1. The van der Waals surface area contributed by atoms with Gasteiger partial charge in [-0.15, -0.1) is 0 Å². The lowest BCUT2D eigenvalue weighted by molar-refractivity contribution is -0.0505. The third kappa shape index (κ3) is 4.49. The fraction of sp³-hybridized carbons (Fsp3) is 0.250. The molecule has 5 heteroatoms. The van der Waals surface area contributed by atoms with Gasteiger partial charge in [0.15, 0.2) is 0 Å². The summed E-state index contributed by atoms with van der Waals surface area (Å²) >= 11 is 0. The van der Waals surface area contributed by atoms with Crippen LogP contribution in [0.5, 0.6) is 5.75 Å². The maximum atomic E-state index is 13.0. The molecule has 21 heavy (non-hydrogen) atoms. The Labute approximate surface area is 121 Å². The molecule has 0 radical (unpaired) electrons. The zero-order valence-corrected chi connectivity index (χ0v) is 11.6. The average Bonchev–Trinajstić information content (AvgIpc) is 2.42. The molecule has 0 aliphatic rings. The van der Waals surface area contributed by atoms with E-state index in [2.05, 4.69) is 10.1 Å². The van der Waals surface area contributed by atoms with Gasteiger partial charge in [0, 0.05) is 18.7 Å². The van der Waals surface area contributed by atoms with Crippen molar-refractivity contribution in [1.82, 2.24) is 5.32 Å². The van der Waals surface area contributed by atoms with E-state index < -0.39 is 6.61 Å². The lowest BCUT2D eigenvalue weighted by atomic mass is 10.1. The van der Waals surface area contributed by atoms with Gasteiger partial charge >= 0.3 is 6.61 Å². The van der Waals surface area contributed by atoms with E-state index in [1.54, 1.807) is 24.3 Å². The molecule has 0 spiro atoms. The highest BCUT2D eigenvalue weighted by atomic mass is 19.3. The van der Waals surface area contributed by atoms with Crippen molar-refractivity contribution in [3.8, 4) is 5.75 Å². The standard InChI is InChI=1S/C16H16F3NO/c1-11-8-14(17)7-6-12(11)9-20-10-13-4-2-3-5-15(13)21-16(18)19/h2-8,16,20H,9-10H2,1H3. The van der Waals surface area contributed by atoms with E-state index in [4.69, 9.17) is 0 Å². The van der Waals surface area contributed by atoms with Crippen molar-refractivity contribution in [3.05, 3.63) is 65.0 Å². The summed E-state index contributed by atoms with van der Waals surface area (Å²) in [6.45, 7) is -0.103. The van der Waals surface area contributed by atoms with Gasteiger partial charge in [-0.05, 0) is 36.2 Å². The van der Waals surface area contributed by atoms with Gasteiger partial charge in [-0.2, -0.15) is 8.78 Å². The predicted molar refractivity (Wildman–Crippen MR) is 74.8 cm³/mol. The van der Waals surface area contributed by atoms with Gasteiger partial charge in [0.2, 0.25) is 0 Å². The van der Waals surface area contributed by atoms with Crippen LogP contribution in [0.4, 0.5) is 13.2 Å². The zero-order chi connectivity index (χ0) is 15.2. The maximum absolute atomic E-state index is 13.0. The lowest BCUT2D eigenvalue weighted by Crippen LogP contribution is -2.15. The number of hydrogen-bond acceptors (Lipinski definition) is 2. The van der Waals surface area contributed by atoms with Crippen LogP contribution in [0.2, 0.25) is 0 Å². The first-order valence-corrected chi connectivity index (χ1v) is 6.54. The van der Waals surface area contributed by atoms with Gasteiger partial charge in [-0.1, -0.05) is 24.3 Å². The van der Waals surface area contributed by atoms with E-state index in [0.29, 0.717) is 18.7 Å². The van der Waals surface area contributed by atoms with Crippen LogP contribution in [0.3, 0.4) is 0 Å². The summed E-state index contributed by atoms with van der Waals surface area (Å²) < 4.78 is 42.1. The Morgan fingerprint density at radius 3 is 2.48 bits per heavy atom. The van der Waals surface area contributed by atoms with Crippen molar-refractivity contribution in [2.45, 2.75) is 26.6 Å². The fourth-order valence-electron chi connectivity index (χ4n) is 2.05. The van der Waals surface area contributed by atoms with Crippen molar-refractivity contribution >= 4 is 0 Å². The molecule has 0 saturated carbocycles. The van der Waals surface area contributed by atoms with Crippen LogP contribution in [0, 0.1) is 12.7 Å². The third-order valence-electron chi connectivity index (χ3n) is 3.12. The quantitative estimate of drug-likeness (QED) is 0.869. The highest BCUT2D eigenvalue weighted by Gasteiger charge is 2.08. The smallest absolute Gasteiger partial charge is 0.387 e. The van der Waals surface area contributed by atoms with E-state index in [-0.39, 0.29) is 11.6 Å². The first-order valence-electron chi connectivity index (χ1n) is 6.54. The molecular formula is C16H16F3NO. The van der Waals surface area contributed by atoms with Gasteiger partial charge in [-0.3, -0.25) is 0 Å². The molecule has 2 nitrogen and oxygen atoms in total. The molecule has 0 aliphatic carbocycles. The minimum atomic E-state index is -2.84. The second kappa shape index (κ2) is 7.13. The van der Waals surface area contributed by atoms with Gasteiger partial charge in [0.1, 0.15) is 11.6 Å². The molecule has 112 valence electrons. The molecule has 0 unspecified atom stereocenters. The number of halogens is 3. The van der Waals surface area contributed by atoms with Crippen molar-refractivity contribution < 1.29 is 17.9 Å². The number of aryl methyl sites for hydroxylation is 1. The SMILES string of the molecule is Cc1cc(F)ccc1CNCc1ccccc1OC(F)F. The Balaban J connectivity index is 1.97. The molecule has 2 aromatic rings. The number of rotatable bonds is 6. The number of hydrogen-bond donors (Lipinski definition) is 1. The molecule has 0 atom stereocenters. The predicted octanol–water partition coefficient (Wildman–Crippen LogP) is 4.03. The van der Waals surface area contributed by atoms with Crippen LogP contribution in [0.1, 0.15) is 16.7 Å². The average molecular weight is 295 g/mol. The summed E-state index contributed by atoms with van der Waals surface area (Å²) in [5, 5.41) is 3.14. The first kappa shape index (κ1) is 15.4. The molecule has 1 N–H and O–H groups in total. The van der Waals surface area contributed by atoms with Gasteiger partial charge < -0.3 is 10.1 Å². The highest BCUT2D eigenvalue weighted by molar-refractivity contribution is 5.33. The van der Waals surface area contributed by atoms with E-state index in [1.165, 1.54) is 18.2 Å². The van der Waals surface area contributed by atoms with Crippen molar-refractivity contribution in [2.24, 2.45) is 0 Å². The molecule has 2 aromatic carbocycles. The molecule has 0 saturated heterocycles. The first-order chi connectivity index (χ1) is 10.1. The van der Waals surface area contributed by atoms with Gasteiger partial charge in [-0.25, -0.2) is 4.39 Å². The summed E-state index contributed by atoms with van der Waals surface area (Å²) in [4.78, 5) is 0. The third-order valence-corrected chi connectivity index (χ3v) is 3.12. The van der Waals surface area contributed by atoms with Crippen molar-refractivity contribution in [3.63, 3.8) is 0 Å². The Morgan fingerprint density at radius 2 is 1.76 bits per heavy atom. The minimum absolute atomic E-state index is 0.163. The Kier molecular flexibility index (Phi) is 5.22. The molecule has 0 aliphatic heterocycles. The second-order valence-corrected chi connectivity index (χ2v) is 4.66. The van der Waals surface area contributed by atoms with Crippen LogP contribution in [-0.4, -0.2) is 6.61 Å². The zero-order valence-electron chi connectivity index (χ0n) is 11.6. The van der Waals surface area contributed by atoms with Crippen LogP contribution in [-0.2, 0) is 13.1 Å². The van der Waals surface area contributed by atoms with Gasteiger partial charge in [0.25, 0.3) is 0 Å². The molecule has 2 rings (SSSR count). The Morgan fingerprint density at radius 1 is 1.05 bits per heavy atom. The van der Waals surface area contributed by atoms with Crippen molar-refractivity contribution in [1.29, 1.82) is 0 Å². The van der Waals surface area contributed by atoms with E-state index in [9.17, 15) is 13.2 Å². The largest absolute Gasteiger partial charge is 0.434 e. The van der Waals surface area contributed by atoms with Gasteiger partial charge in [0.05, 0.1) is 0 Å². The number of benzene rings is 2. The summed E-state index contributed by atoms with van der Waals surface area (Å²) in [5.41, 5.74) is 2.46. The van der Waals surface area contributed by atoms with Crippen LogP contribution >= 0.6 is 0 Å².